The number of nitrogens with one attached hydrogen (secondary N) is 1. The summed E-state index contributed by atoms with van der Waals surface area (Å²) in [5, 5.41) is 2.73. The fourth-order valence-corrected chi connectivity index (χ4v) is 2.75. The minimum Gasteiger partial charge on any atom is -0.476 e. The highest BCUT2D eigenvalue weighted by atomic mass is 35.5. The first-order valence-corrected chi connectivity index (χ1v) is 9.04. The maximum Gasteiger partial charge on any atom is 0.278 e. The molecule has 1 heterocycles. The topological polar surface area (TPSA) is 82.6 Å². The zero-order valence-corrected chi connectivity index (χ0v) is 16.3. The average Bonchev–Trinajstić information content (AvgIpc) is 2.51. The van der Waals surface area contributed by atoms with Gasteiger partial charge >= 0.3 is 0 Å². The molecular formula is C17H24ClF2N3O4. The van der Waals surface area contributed by atoms with Gasteiger partial charge in [0.05, 0.1) is 19.3 Å². The summed E-state index contributed by atoms with van der Waals surface area (Å²) in [7, 11) is 0. The highest BCUT2D eigenvalue weighted by Crippen LogP contribution is 2.34. The summed E-state index contributed by atoms with van der Waals surface area (Å²) in [6, 6.07) is -0.0356. The Morgan fingerprint density at radius 3 is 2.59 bits per heavy atom. The summed E-state index contributed by atoms with van der Waals surface area (Å²) in [6.07, 6.45) is 2.92. The Morgan fingerprint density at radius 1 is 1.37 bits per heavy atom. The highest BCUT2D eigenvalue weighted by Gasteiger charge is 2.31. The molecule has 0 saturated heterocycles. The van der Waals surface area contributed by atoms with Crippen LogP contribution in [0.5, 0.6) is 11.8 Å². The molecule has 0 spiro atoms. The maximum atomic E-state index is 12.9. The monoisotopic (exact) mass is 407 g/mol. The first-order chi connectivity index (χ1) is 12.6. The number of rotatable bonds is 10. The number of ether oxygens (including phenoxy) is 3. The van der Waals surface area contributed by atoms with E-state index in [-0.39, 0.29) is 40.8 Å². The van der Waals surface area contributed by atoms with Crippen LogP contribution in [0.15, 0.2) is 6.33 Å². The van der Waals surface area contributed by atoms with Gasteiger partial charge in [0.1, 0.15) is 6.33 Å². The van der Waals surface area contributed by atoms with Crippen LogP contribution in [0.1, 0.15) is 33.6 Å². The molecule has 7 nitrogen and oxygen atoms in total. The third kappa shape index (κ3) is 7.42. The van der Waals surface area contributed by atoms with Gasteiger partial charge < -0.3 is 19.5 Å². The van der Waals surface area contributed by atoms with Crippen LogP contribution in [0.4, 0.5) is 8.78 Å². The number of halogens is 3. The van der Waals surface area contributed by atoms with E-state index in [9.17, 15) is 13.6 Å². The van der Waals surface area contributed by atoms with Crippen molar-refractivity contribution in [2.75, 3.05) is 19.8 Å². The number of alkyl halides is 2. The minimum absolute atomic E-state index is 0.0296. The van der Waals surface area contributed by atoms with Gasteiger partial charge in [-0.2, -0.15) is 0 Å². The number of carbonyl (C=O) groups is 1. The Balaban J connectivity index is 1.71. The molecule has 2 rings (SSSR count). The van der Waals surface area contributed by atoms with Crippen molar-refractivity contribution >= 4 is 17.5 Å². The van der Waals surface area contributed by atoms with Gasteiger partial charge in [-0.15, -0.1) is 0 Å². The fraction of sp³-hybridized carbons (Fsp3) is 0.706. The Morgan fingerprint density at radius 2 is 2.00 bits per heavy atom. The molecule has 1 aliphatic rings. The second kappa shape index (κ2) is 9.45. The van der Waals surface area contributed by atoms with Gasteiger partial charge in [-0.05, 0) is 25.7 Å². The quantitative estimate of drug-likeness (QED) is 0.642. The van der Waals surface area contributed by atoms with E-state index >= 15 is 0 Å². The van der Waals surface area contributed by atoms with Gasteiger partial charge in [0.25, 0.3) is 5.92 Å². The van der Waals surface area contributed by atoms with Crippen molar-refractivity contribution < 1.29 is 27.8 Å². The molecule has 27 heavy (non-hydrogen) atoms. The third-order valence-electron chi connectivity index (χ3n) is 3.87. The molecule has 1 aromatic rings. The van der Waals surface area contributed by atoms with Crippen molar-refractivity contribution in [3.8, 4) is 11.8 Å². The van der Waals surface area contributed by atoms with Crippen LogP contribution < -0.4 is 14.8 Å². The fourth-order valence-electron chi connectivity index (χ4n) is 2.55. The molecule has 0 aromatic carbocycles. The van der Waals surface area contributed by atoms with E-state index in [1.165, 1.54) is 6.92 Å². The Bertz CT molecular complexity index is 639. The van der Waals surface area contributed by atoms with Crippen LogP contribution >= 0.6 is 11.6 Å². The molecule has 1 saturated carbocycles. The number of carbonyl (C=O) groups excluding carboxylic acids is 1. The lowest BCUT2D eigenvalue weighted by molar-refractivity contribution is -0.120. The van der Waals surface area contributed by atoms with Crippen LogP contribution in [-0.2, 0) is 9.53 Å². The molecule has 1 aliphatic carbocycles. The summed E-state index contributed by atoms with van der Waals surface area (Å²) in [6.45, 7) is 4.09. The van der Waals surface area contributed by atoms with Gasteiger partial charge in [-0.25, -0.2) is 18.7 Å². The molecule has 0 bridgehead atoms. The van der Waals surface area contributed by atoms with E-state index in [0.29, 0.717) is 13.2 Å². The third-order valence-corrected chi connectivity index (χ3v) is 4.19. The number of hydrogen-bond acceptors (Lipinski definition) is 6. The number of hydrogen-bond donors (Lipinski definition) is 1. The molecule has 1 atom stereocenters. The number of amides is 1. The molecule has 152 valence electrons. The summed E-state index contributed by atoms with van der Waals surface area (Å²) >= 11 is 6.06. The Hall–Kier alpha value is -1.74. The lowest BCUT2D eigenvalue weighted by atomic mass is 9.83. The second-order valence-electron chi connectivity index (χ2n) is 6.86. The molecule has 1 fully saturated rings. The Kier molecular flexibility index (Phi) is 7.55. The van der Waals surface area contributed by atoms with E-state index in [1.54, 1.807) is 0 Å². The summed E-state index contributed by atoms with van der Waals surface area (Å²) < 4.78 is 42.0. The van der Waals surface area contributed by atoms with Gasteiger partial charge in [-0.3, -0.25) is 4.79 Å². The first kappa shape index (κ1) is 21.6. The van der Waals surface area contributed by atoms with Gasteiger partial charge in [-0.1, -0.05) is 11.6 Å². The van der Waals surface area contributed by atoms with Crippen LogP contribution in [0.2, 0.25) is 5.02 Å². The minimum atomic E-state index is -2.99. The van der Waals surface area contributed by atoms with Crippen molar-refractivity contribution in [2.45, 2.75) is 51.7 Å². The average molecular weight is 408 g/mol. The van der Waals surface area contributed by atoms with Crippen molar-refractivity contribution in [1.29, 1.82) is 0 Å². The van der Waals surface area contributed by atoms with Crippen LogP contribution in [-0.4, -0.2) is 53.8 Å². The summed E-state index contributed by atoms with van der Waals surface area (Å²) in [5.41, 5.74) is 0. The van der Waals surface area contributed by atoms with Crippen molar-refractivity contribution in [1.82, 2.24) is 15.3 Å². The van der Waals surface area contributed by atoms with Crippen molar-refractivity contribution in [2.24, 2.45) is 5.92 Å². The van der Waals surface area contributed by atoms with E-state index in [2.05, 4.69) is 15.3 Å². The molecule has 0 unspecified atom stereocenters. The van der Waals surface area contributed by atoms with Crippen LogP contribution in [0, 0.1) is 5.92 Å². The van der Waals surface area contributed by atoms with Crippen LogP contribution in [0.25, 0.3) is 0 Å². The van der Waals surface area contributed by atoms with Gasteiger partial charge in [0.2, 0.25) is 17.7 Å². The molecule has 1 N–H and O–H groups in total. The van der Waals surface area contributed by atoms with Crippen LogP contribution in [0.3, 0.4) is 0 Å². The summed E-state index contributed by atoms with van der Waals surface area (Å²) in [4.78, 5) is 18.6. The summed E-state index contributed by atoms with van der Waals surface area (Å²) in [5.74, 6) is -2.83. The van der Waals surface area contributed by atoms with E-state index < -0.39 is 12.5 Å². The van der Waals surface area contributed by atoms with E-state index in [4.69, 9.17) is 25.8 Å². The Labute approximate surface area is 161 Å². The standard InChI is InChI=1S/C17H24ClF2N3O4/c1-10(23-11(2)24)6-25-13-4-12(5-13)7-26-15-14(18)16(22-9-21-15)27-8-17(3,19)20/h9-10,12-13H,4-8H2,1-3H3,(H,23,24)/t10-,12-,13-/m0/s1. The predicted octanol–water partition coefficient (Wildman–Crippen LogP) is 2.86. The molecule has 1 amide bonds. The normalized spacial score (nSPS) is 20.5. The van der Waals surface area contributed by atoms with Crippen molar-refractivity contribution in [3.05, 3.63) is 11.3 Å². The van der Waals surface area contributed by atoms with E-state index in [0.717, 1.165) is 26.1 Å². The zero-order chi connectivity index (χ0) is 20.0. The number of aromatic nitrogens is 2. The van der Waals surface area contributed by atoms with Gasteiger partial charge in [0.15, 0.2) is 11.6 Å². The second-order valence-corrected chi connectivity index (χ2v) is 7.24. The maximum absolute atomic E-state index is 12.9. The van der Waals surface area contributed by atoms with E-state index in [1.807, 2.05) is 6.92 Å². The van der Waals surface area contributed by atoms with Gasteiger partial charge in [0, 0.05) is 19.9 Å². The SMILES string of the molecule is CC(=O)N[C@@H](C)CO[C@H]1C[C@H](COc2ncnc(OCC(C)(F)F)c2Cl)C1. The highest BCUT2D eigenvalue weighted by molar-refractivity contribution is 6.33. The first-order valence-electron chi connectivity index (χ1n) is 8.66. The zero-order valence-electron chi connectivity index (χ0n) is 15.5. The van der Waals surface area contributed by atoms with Crippen molar-refractivity contribution in [3.63, 3.8) is 0 Å². The predicted molar refractivity (Wildman–Crippen MR) is 94.4 cm³/mol. The lowest BCUT2D eigenvalue weighted by Gasteiger charge is -2.35. The number of nitrogens with zero attached hydrogens (tertiary/aromatic N) is 2. The molecular weight excluding hydrogens is 384 g/mol. The largest absolute Gasteiger partial charge is 0.476 e. The smallest absolute Gasteiger partial charge is 0.278 e. The lowest BCUT2D eigenvalue weighted by Crippen LogP contribution is -2.40. The molecule has 0 radical (unpaired) electrons. The molecule has 1 aromatic heterocycles. The molecule has 10 heteroatoms. The molecule has 0 aliphatic heterocycles.